The number of guanidine groups is 1. The van der Waals surface area contributed by atoms with Gasteiger partial charge in [0.25, 0.3) is 0 Å². The number of alkyl halides is 3. The highest BCUT2D eigenvalue weighted by molar-refractivity contribution is 14.0. The summed E-state index contributed by atoms with van der Waals surface area (Å²) in [6, 6.07) is 5.48. The third kappa shape index (κ3) is 4.50. The first-order chi connectivity index (χ1) is 10.9. The first-order valence-electron chi connectivity index (χ1n) is 7.71. The fraction of sp³-hybridized carbons (Fsp3) is 0.562. The van der Waals surface area contributed by atoms with Crippen molar-refractivity contribution >= 4 is 41.7 Å². The SMILES string of the molecule is I.NC(=NCC1(c2ccc(C(F)(F)F)cc2)CC1)N1CCSCC1. The summed E-state index contributed by atoms with van der Waals surface area (Å²) >= 11 is 1.91. The van der Waals surface area contributed by atoms with E-state index in [1.807, 2.05) is 11.8 Å². The summed E-state index contributed by atoms with van der Waals surface area (Å²) in [4.78, 5) is 6.60. The minimum atomic E-state index is -4.29. The van der Waals surface area contributed by atoms with E-state index in [2.05, 4.69) is 9.89 Å². The van der Waals surface area contributed by atoms with Gasteiger partial charge in [0.05, 0.1) is 12.1 Å². The van der Waals surface area contributed by atoms with E-state index in [-0.39, 0.29) is 29.4 Å². The second kappa shape index (κ2) is 7.72. The van der Waals surface area contributed by atoms with Crippen molar-refractivity contribution in [3.8, 4) is 0 Å². The number of thioether (sulfide) groups is 1. The molecule has 24 heavy (non-hydrogen) atoms. The number of aliphatic imine (C=N–C) groups is 1. The number of benzene rings is 1. The van der Waals surface area contributed by atoms with E-state index in [0.29, 0.717) is 12.5 Å². The van der Waals surface area contributed by atoms with Crippen LogP contribution in [0, 0.1) is 0 Å². The highest BCUT2D eigenvalue weighted by Gasteiger charge is 2.44. The molecule has 1 heterocycles. The van der Waals surface area contributed by atoms with Crippen LogP contribution in [-0.2, 0) is 11.6 Å². The Bertz CT molecular complexity index is 579. The molecule has 1 aliphatic carbocycles. The van der Waals surface area contributed by atoms with Crippen molar-refractivity contribution in [2.24, 2.45) is 10.7 Å². The molecule has 0 unspecified atom stereocenters. The summed E-state index contributed by atoms with van der Waals surface area (Å²) in [6.45, 7) is 2.37. The van der Waals surface area contributed by atoms with Crippen LogP contribution in [0.1, 0.15) is 24.0 Å². The molecule has 8 heteroatoms. The second-order valence-corrected chi connectivity index (χ2v) is 7.35. The smallest absolute Gasteiger partial charge is 0.370 e. The van der Waals surface area contributed by atoms with Crippen LogP contribution in [0.3, 0.4) is 0 Å². The molecular formula is C16H21F3IN3S. The maximum absolute atomic E-state index is 12.6. The molecule has 1 aromatic carbocycles. The van der Waals surface area contributed by atoms with Gasteiger partial charge in [0.15, 0.2) is 5.96 Å². The van der Waals surface area contributed by atoms with Crippen molar-refractivity contribution < 1.29 is 13.2 Å². The highest BCUT2D eigenvalue weighted by Crippen LogP contribution is 2.48. The fourth-order valence-corrected chi connectivity index (χ4v) is 3.73. The van der Waals surface area contributed by atoms with Crippen LogP contribution in [0.25, 0.3) is 0 Å². The summed E-state index contributed by atoms with van der Waals surface area (Å²) in [6.07, 6.45) is -2.39. The van der Waals surface area contributed by atoms with Crippen LogP contribution >= 0.6 is 35.7 Å². The summed E-state index contributed by atoms with van der Waals surface area (Å²) in [5.41, 5.74) is 6.26. The molecule has 0 radical (unpaired) electrons. The van der Waals surface area contributed by atoms with E-state index in [9.17, 15) is 13.2 Å². The van der Waals surface area contributed by atoms with Crippen molar-refractivity contribution in [1.82, 2.24) is 4.90 Å². The molecule has 0 bridgehead atoms. The largest absolute Gasteiger partial charge is 0.416 e. The number of rotatable bonds is 3. The Morgan fingerprint density at radius 1 is 1.17 bits per heavy atom. The van der Waals surface area contributed by atoms with Gasteiger partial charge in [-0.2, -0.15) is 24.9 Å². The Hall–Kier alpha value is -0.640. The van der Waals surface area contributed by atoms with Gasteiger partial charge >= 0.3 is 6.18 Å². The molecule has 2 aliphatic rings. The first kappa shape index (κ1) is 19.7. The van der Waals surface area contributed by atoms with Crippen molar-refractivity contribution in [3.05, 3.63) is 35.4 Å². The Labute approximate surface area is 161 Å². The lowest BCUT2D eigenvalue weighted by Gasteiger charge is -2.27. The van der Waals surface area contributed by atoms with Crippen molar-refractivity contribution in [3.63, 3.8) is 0 Å². The Morgan fingerprint density at radius 2 is 1.75 bits per heavy atom. The third-order valence-corrected chi connectivity index (χ3v) is 5.50. The van der Waals surface area contributed by atoms with Gasteiger partial charge in [-0.3, -0.25) is 4.99 Å². The van der Waals surface area contributed by atoms with Crippen molar-refractivity contribution in [2.45, 2.75) is 24.4 Å². The van der Waals surface area contributed by atoms with Gasteiger partial charge in [-0.05, 0) is 30.5 Å². The van der Waals surface area contributed by atoms with Gasteiger partial charge in [0, 0.05) is 30.0 Å². The predicted octanol–water partition coefficient (Wildman–Crippen LogP) is 3.72. The van der Waals surface area contributed by atoms with E-state index >= 15 is 0 Å². The van der Waals surface area contributed by atoms with Crippen LogP contribution in [-0.4, -0.2) is 42.0 Å². The minimum absolute atomic E-state index is 0. The van der Waals surface area contributed by atoms with Gasteiger partial charge in [-0.25, -0.2) is 0 Å². The number of hydrogen-bond donors (Lipinski definition) is 1. The molecule has 0 atom stereocenters. The lowest BCUT2D eigenvalue weighted by atomic mass is 9.95. The van der Waals surface area contributed by atoms with E-state index in [4.69, 9.17) is 5.73 Å². The van der Waals surface area contributed by atoms with Crippen LogP contribution in [0.4, 0.5) is 13.2 Å². The third-order valence-electron chi connectivity index (χ3n) is 4.56. The second-order valence-electron chi connectivity index (χ2n) is 6.13. The van der Waals surface area contributed by atoms with Crippen LogP contribution in [0.15, 0.2) is 29.3 Å². The molecule has 1 saturated carbocycles. The average Bonchev–Trinajstić information content (AvgIpc) is 3.34. The zero-order chi connectivity index (χ0) is 16.5. The zero-order valence-electron chi connectivity index (χ0n) is 13.2. The zero-order valence-corrected chi connectivity index (χ0v) is 16.3. The van der Waals surface area contributed by atoms with Gasteiger partial charge in [0.1, 0.15) is 0 Å². The molecular weight excluding hydrogens is 450 g/mol. The molecule has 3 nitrogen and oxygen atoms in total. The summed E-state index contributed by atoms with van der Waals surface area (Å²) in [5.74, 6) is 2.67. The molecule has 0 amide bonds. The molecule has 0 spiro atoms. The van der Waals surface area contributed by atoms with Crippen LogP contribution in [0.5, 0.6) is 0 Å². The van der Waals surface area contributed by atoms with E-state index in [1.54, 1.807) is 12.1 Å². The number of halogens is 4. The predicted molar refractivity (Wildman–Crippen MR) is 103 cm³/mol. The summed E-state index contributed by atoms with van der Waals surface area (Å²) in [5, 5.41) is 0. The van der Waals surface area contributed by atoms with Gasteiger partial charge in [0.2, 0.25) is 0 Å². The molecule has 2 N–H and O–H groups in total. The standard InChI is InChI=1S/C16H20F3N3S.HI/c17-16(18,19)13-3-1-12(2-4-13)15(5-6-15)11-21-14(20)22-7-9-23-10-8-22;/h1-4H,5-11H2,(H2,20,21);1H. The van der Waals surface area contributed by atoms with Gasteiger partial charge < -0.3 is 10.6 Å². The fourth-order valence-electron chi connectivity index (χ4n) is 2.83. The summed E-state index contributed by atoms with van der Waals surface area (Å²) < 4.78 is 37.9. The Morgan fingerprint density at radius 3 is 2.25 bits per heavy atom. The molecule has 0 aromatic heterocycles. The molecule has 134 valence electrons. The Kier molecular flexibility index (Phi) is 6.33. The van der Waals surface area contributed by atoms with Crippen molar-refractivity contribution in [1.29, 1.82) is 0 Å². The van der Waals surface area contributed by atoms with E-state index in [1.165, 1.54) is 0 Å². The lowest BCUT2D eigenvalue weighted by Crippen LogP contribution is -2.43. The number of nitrogens with two attached hydrogens (primary N) is 1. The quantitative estimate of drug-likeness (QED) is 0.415. The van der Waals surface area contributed by atoms with Gasteiger partial charge in [-0.15, -0.1) is 24.0 Å². The number of nitrogens with zero attached hydrogens (tertiary/aromatic N) is 2. The lowest BCUT2D eigenvalue weighted by molar-refractivity contribution is -0.137. The maximum atomic E-state index is 12.6. The summed E-state index contributed by atoms with van der Waals surface area (Å²) in [7, 11) is 0. The molecule has 3 rings (SSSR count). The average molecular weight is 471 g/mol. The highest BCUT2D eigenvalue weighted by atomic mass is 127. The minimum Gasteiger partial charge on any atom is -0.370 e. The molecule has 1 aliphatic heterocycles. The topological polar surface area (TPSA) is 41.6 Å². The maximum Gasteiger partial charge on any atom is 0.416 e. The van der Waals surface area contributed by atoms with Crippen molar-refractivity contribution in [2.75, 3.05) is 31.1 Å². The molecule has 2 fully saturated rings. The Balaban J connectivity index is 0.00000208. The molecule has 1 saturated heterocycles. The number of hydrogen-bond acceptors (Lipinski definition) is 2. The van der Waals surface area contributed by atoms with Crippen LogP contribution in [0.2, 0.25) is 0 Å². The normalized spacial score (nSPS) is 20.5. The first-order valence-corrected chi connectivity index (χ1v) is 8.87. The molecule has 1 aromatic rings. The van der Waals surface area contributed by atoms with E-state index < -0.39 is 11.7 Å². The van der Waals surface area contributed by atoms with Crippen LogP contribution < -0.4 is 5.73 Å². The monoisotopic (exact) mass is 471 g/mol. The van der Waals surface area contributed by atoms with E-state index in [0.717, 1.165) is 55.1 Å². The van der Waals surface area contributed by atoms with Gasteiger partial charge in [-0.1, -0.05) is 12.1 Å².